The molecule has 1 heterocycles. The lowest BCUT2D eigenvalue weighted by molar-refractivity contribution is -0.124. The third-order valence-corrected chi connectivity index (χ3v) is 9.26. The molecule has 1 amide bonds. The summed E-state index contributed by atoms with van der Waals surface area (Å²) in [4.78, 5) is 15.2. The van der Waals surface area contributed by atoms with E-state index in [9.17, 15) is 13.2 Å². The predicted molar refractivity (Wildman–Crippen MR) is 142 cm³/mol. The number of amides is 1. The van der Waals surface area contributed by atoms with Crippen molar-refractivity contribution in [3.05, 3.63) is 46.4 Å². The highest BCUT2D eigenvalue weighted by atomic mass is 35.5. The molecular formula is C26H32Cl2N2O6S. The second-order valence-electron chi connectivity index (χ2n) is 9.42. The normalized spacial score (nSPS) is 21.3. The Labute approximate surface area is 228 Å². The van der Waals surface area contributed by atoms with Crippen molar-refractivity contribution < 1.29 is 27.4 Å². The number of rotatable bonds is 8. The number of ether oxygens (including phenoxy) is 3. The summed E-state index contributed by atoms with van der Waals surface area (Å²) in [5.41, 5.74) is 0. The molecule has 1 saturated heterocycles. The number of carbonyl (C=O) groups excluding carboxylic acids is 1. The summed E-state index contributed by atoms with van der Waals surface area (Å²) < 4.78 is 44.5. The summed E-state index contributed by atoms with van der Waals surface area (Å²) in [5.74, 6) is 0.410. The third-order valence-electron chi connectivity index (χ3n) is 7.15. The van der Waals surface area contributed by atoms with E-state index in [0.29, 0.717) is 34.7 Å². The molecule has 2 aliphatic rings. The Morgan fingerprint density at radius 1 is 0.892 bits per heavy atom. The molecule has 0 aromatic heterocycles. The summed E-state index contributed by atoms with van der Waals surface area (Å²) in [6.07, 6.45) is 4.90. The van der Waals surface area contributed by atoms with Gasteiger partial charge in [-0.15, -0.1) is 0 Å². The molecule has 0 unspecified atom stereocenters. The highest BCUT2D eigenvalue weighted by Gasteiger charge is 2.34. The Kier molecular flexibility index (Phi) is 9.11. The molecule has 0 atom stereocenters. The molecule has 202 valence electrons. The van der Waals surface area contributed by atoms with Crippen LogP contribution in [0, 0.1) is 5.92 Å². The number of nitrogens with one attached hydrogen (secondary N) is 1. The Morgan fingerprint density at radius 2 is 1.57 bits per heavy atom. The van der Waals surface area contributed by atoms with Crippen LogP contribution in [0.5, 0.6) is 17.2 Å². The van der Waals surface area contributed by atoms with Gasteiger partial charge in [0, 0.05) is 37.2 Å². The van der Waals surface area contributed by atoms with Gasteiger partial charge in [0.05, 0.1) is 24.3 Å². The zero-order valence-electron chi connectivity index (χ0n) is 20.9. The lowest BCUT2D eigenvalue weighted by atomic mass is 9.84. The van der Waals surface area contributed by atoms with E-state index in [2.05, 4.69) is 9.62 Å². The van der Waals surface area contributed by atoms with Crippen molar-refractivity contribution in [1.82, 2.24) is 9.62 Å². The number of hydrogen-bond donors (Lipinski definition) is 1. The number of sulfonamides is 1. The molecule has 0 spiro atoms. The Bertz CT molecular complexity index is 1210. The number of halogens is 2. The van der Waals surface area contributed by atoms with Gasteiger partial charge in [-0.25, -0.2) is 13.1 Å². The van der Waals surface area contributed by atoms with Crippen LogP contribution < -0.4 is 18.9 Å². The summed E-state index contributed by atoms with van der Waals surface area (Å²) >= 11 is 12.1. The molecule has 2 aromatic carbocycles. The van der Waals surface area contributed by atoms with Gasteiger partial charge in [-0.05, 0) is 62.8 Å². The van der Waals surface area contributed by atoms with E-state index < -0.39 is 15.9 Å². The number of likely N-dealkylation sites (tertiary alicyclic amines) is 1. The average molecular weight is 572 g/mol. The summed E-state index contributed by atoms with van der Waals surface area (Å²) in [6, 6.07) is 10.1. The summed E-state index contributed by atoms with van der Waals surface area (Å²) in [6.45, 7) is 1.83. The first-order valence-corrected chi connectivity index (χ1v) is 14.6. The highest BCUT2D eigenvalue weighted by Crippen LogP contribution is 2.33. The SMILES string of the molecule is COc1ccc(OC)c(S(=O)(=O)NC(=O)[C@H]2CC[C@H](N3CCC(Oc4ccc(Cl)c(Cl)c4)CC3)CC2)c1. The molecule has 2 aromatic rings. The minimum Gasteiger partial charge on any atom is -0.497 e. The third kappa shape index (κ3) is 6.82. The van der Waals surface area contributed by atoms with Crippen LogP contribution in [0.25, 0.3) is 0 Å². The van der Waals surface area contributed by atoms with E-state index >= 15 is 0 Å². The van der Waals surface area contributed by atoms with Gasteiger partial charge in [-0.1, -0.05) is 23.2 Å². The first-order chi connectivity index (χ1) is 17.7. The molecule has 1 N–H and O–H groups in total. The monoisotopic (exact) mass is 570 g/mol. The van der Waals surface area contributed by atoms with Crippen molar-refractivity contribution in [2.75, 3.05) is 27.3 Å². The van der Waals surface area contributed by atoms with Crippen molar-refractivity contribution in [1.29, 1.82) is 0 Å². The number of methoxy groups -OCH3 is 2. The second kappa shape index (κ2) is 12.1. The number of nitrogens with zero attached hydrogens (tertiary/aromatic N) is 1. The molecule has 1 saturated carbocycles. The Hall–Kier alpha value is -2.20. The van der Waals surface area contributed by atoms with Crippen LogP contribution in [-0.4, -0.2) is 58.7 Å². The molecule has 1 aliphatic heterocycles. The largest absolute Gasteiger partial charge is 0.497 e. The standard InChI is InChI=1S/C26H32Cl2N2O6S/c1-34-20-8-10-24(35-2)25(16-20)37(32,33)29-26(31)17-3-5-18(6-4-17)30-13-11-19(12-14-30)36-21-7-9-22(27)23(28)15-21/h7-10,15-19H,3-6,11-14H2,1-2H3,(H,29,31)/t17-,18-. The molecule has 0 radical (unpaired) electrons. The van der Waals surface area contributed by atoms with Crippen LogP contribution in [0.2, 0.25) is 10.0 Å². The van der Waals surface area contributed by atoms with Gasteiger partial charge in [-0.2, -0.15) is 0 Å². The molecule has 0 bridgehead atoms. The minimum absolute atomic E-state index is 0.120. The molecule has 2 fully saturated rings. The quantitative estimate of drug-likeness (QED) is 0.481. The van der Waals surface area contributed by atoms with Crippen molar-refractivity contribution >= 4 is 39.1 Å². The zero-order valence-corrected chi connectivity index (χ0v) is 23.2. The van der Waals surface area contributed by atoms with E-state index in [4.69, 9.17) is 37.4 Å². The number of hydrogen-bond acceptors (Lipinski definition) is 7. The fourth-order valence-corrected chi connectivity index (χ4v) is 6.59. The van der Waals surface area contributed by atoms with E-state index in [1.54, 1.807) is 18.2 Å². The Balaban J connectivity index is 1.26. The summed E-state index contributed by atoms with van der Waals surface area (Å²) in [5, 5.41) is 0.985. The number of piperidine rings is 1. The Morgan fingerprint density at radius 3 is 2.19 bits per heavy atom. The maximum Gasteiger partial charge on any atom is 0.267 e. The van der Waals surface area contributed by atoms with Crippen molar-refractivity contribution in [3.63, 3.8) is 0 Å². The highest BCUT2D eigenvalue weighted by molar-refractivity contribution is 7.90. The summed E-state index contributed by atoms with van der Waals surface area (Å²) in [7, 11) is -1.27. The van der Waals surface area contributed by atoms with E-state index in [1.807, 2.05) is 6.07 Å². The van der Waals surface area contributed by atoms with Crippen LogP contribution >= 0.6 is 23.2 Å². The number of benzene rings is 2. The van der Waals surface area contributed by atoms with Crippen molar-refractivity contribution in [2.24, 2.45) is 5.92 Å². The minimum atomic E-state index is -4.10. The van der Waals surface area contributed by atoms with Crippen molar-refractivity contribution in [3.8, 4) is 17.2 Å². The molecule has 4 rings (SSSR count). The maximum atomic E-state index is 12.9. The van der Waals surface area contributed by atoms with Crippen LogP contribution in [-0.2, 0) is 14.8 Å². The van der Waals surface area contributed by atoms with Gasteiger partial charge in [-0.3, -0.25) is 4.79 Å². The van der Waals surface area contributed by atoms with Gasteiger partial charge in [0.2, 0.25) is 5.91 Å². The fraction of sp³-hybridized carbons (Fsp3) is 0.500. The molecule has 1 aliphatic carbocycles. The zero-order chi connectivity index (χ0) is 26.6. The lowest BCUT2D eigenvalue weighted by Gasteiger charge is -2.40. The van der Waals surface area contributed by atoms with Crippen LogP contribution in [0.3, 0.4) is 0 Å². The lowest BCUT2D eigenvalue weighted by Crippen LogP contribution is -2.46. The fourth-order valence-electron chi connectivity index (χ4n) is 5.07. The van der Waals surface area contributed by atoms with E-state index in [1.165, 1.54) is 26.4 Å². The second-order valence-corrected chi connectivity index (χ2v) is 11.9. The first-order valence-electron chi connectivity index (χ1n) is 12.3. The average Bonchev–Trinajstić information content (AvgIpc) is 2.90. The van der Waals surface area contributed by atoms with Gasteiger partial charge in [0.15, 0.2) is 0 Å². The van der Waals surface area contributed by atoms with Crippen LogP contribution in [0.4, 0.5) is 0 Å². The molecule has 37 heavy (non-hydrogen) atoms. The van der Waals surface area contributed by atoms with Gasteiger partial charge < -0.3 is 19.1 Å². The van der Waals surface area contributed by atoms with E-state index in [-0.39, 0.29) is 22.7 Å². The molecule has 8 nitrogen and oxygen atoms in total. The van der Waals surface area contributed by atoms with Crippen LogP contribution in [0.15, 0.2) is 41.3 Å². The van der Waals surface area contributed by atoms with Gasteiger partial charge >= 0.3 is 0 Å². The first kappa shape index (κ1) is 27.8. The van der Waals surface area contributed by atoms with E-state index in [0.717, 1.165) is 44.5 Å². The molecule has 11 heteroatoms. The van der Waals surface area contributed by atoms with Crippen LogP contribution in [0.1, 0.15) is 38.5 Å². The predicted octanol–water partition coefficient (Wildman–Crippen LogP) is 4.92. The van der Waals surface area contributed by atoms with Crippen molar-refractivity contribution in [2.45, 2.75) is 55.6 Å². The molecular weight excluding hydrogens is 539 g/mol. The number of carbonyl (C=O) groups is 1. The topological polar surface area (TPSA) is 94.2 Å². The maximum absolute atomic E-state index is 12.9. The smallest absolute Gasteiger partial charge is 0.267 e. The van der Waals surface area contributed by atoms with Gasteiger partial charge in [0.1, 0.15) is 28.2 Å². The van der Waals surface area contributed by atoms with Gasteiger partial charge in [0.25, 0.3) is 10.0 Å².